The molecule has 0 unspecified atom stereocenters. The van der Waals surface area contributed by atoms with Crippen molar-refractivity contribution in [3.8, 4) is 17.3 Å². The quantitative estimate of drug-likeness (QED) is 0.699. The molecule has 0 spiro atoms. The molecule has 3 rings (SSSR count). The number of aromatic amines is 2. The highest BCUT2D eigenvalue weighted by atomic mass is 127. The maximum absolute atomic E-state index is 5.09. The number of halogens is 1. The smallest absolute Gasteiger partial charge is 0.318 e. The van der Waals surface area contributed by atoms with Crippen molar-refractivity contribution in [1.29, 1.82) is 0 Å². The summed E-state index contributed by atoms with van der Waals surface area (Å²) < 4.78 is 6.16. The molecule has 0 fully saturated rings. The van der Waals surface area contributed by atoms with Gasteiger partial charge in [-0.05, 0) is 22.6 Å². The number of hydrogen-bond acceptors (Lipinski definition) is 4. The highest BCUT2D eigenvalue weighted by Gasteiger charge is 2.14. The van der Waals surface area contributed by atoms with Crippen molar-refractivity contribution in [2.24, 2.45) is 0 Å². The summed E-state index contributed by atoms with van der Waals surface area (Å²) in [6.45, 7) is 0. The van der Waals surface area contributed by atoms with Crippen molar-refractivity contribution in [2.75, 3.05) is 7.11 Å². The number of nitrogens with one attached hydrogen (secondary N) is 2. The molecule has 0 amide bonds. The van der Waals surface area contributed by atoms with Gasteiger partial charge in [-0.15, -0.1) is 0 Å². The SMILES string of the molecule is COc1nc(-c2cn[nH]c2)c2c(I)c[nH]c2n1. The second-order valence-electron chi connectivity index (χ2n) is 3.41. The van der Waals surface area contributed by atoms with Crippen LogP contribution in [-0.2, 0) is 0 Å². The summed E-state index contributed by atoms with van der Waals surface area (Å²) in [6.07, 6.45) is 5.41. The van der Waals surface area contributed by atoms with Gasteiger partial charge in [-0.2, -0.15) is 15.1 Å². The van der Waals surface area contributed by atoms with Gasteiger partial charge in [0.25, 0.3) is 0 Å². The summed E-state index contributed by atoms with van der Waals surface area (Å²) in [7, 11) is 1.55. The van der Waals surface area contributed by atoms with Crippen LogP contribution in [0, 0.1) is 3.57 Å². The molecule has 3 aromatic heterocycles. The van der Waals surface area contributed by atoms with Crippen LogP contribution < -0.4 is 4.74 Å². The number of nitrogens with zero attached hydrogens (tertiary/aromatic N) is 3. The predicted octanol–water partition coefficient (Wildman–Crippen LogP) is 1.96. The van der Waals surface area contributed by atoms with Gasteiger partial charge in [0, 0.05) is 21.5 Å². The molecular weight excluding hydrogens is 333 g/mol. The summed E-state index contributed by atoms with van der Waals surface area (Å²) in [5, 5.41) is 7.69. The average Bonchev–Trinajstić information content (AvgIpc) is 2.98. The van der Waals surface area contributed by atoms with Crippen LogP contribution in [0.1, 0.15) is 0 Å². The standard InChI is InChI=1S/C10H8IN5O/c1-17-10-15-8(5-2-13-14-3-5)7-6(11)4-12-9(7)16-10/h2-4H,1H3,(H,13,14)(H,12,15,16). The molecule has 0 radical (unpaired) electrons. The largest absolute Gasteiger partial charge is 0.467 e. The van der Waals surface area contributed by atoms with Crippen molar-refractivity contribution in [2.45, 2.75) is 0 Å². The number of H-pyrrole nitrogens is 2. The number of rotatable bonds is 2. The molecule has 86 valence electrons. The van der Waals surface area contributed by atoms with E-state index in [2.05, 4.69) is 47.7 Å². The summed E-state index contributed by atoms with van der Waals surface area (Å²) in [6, 6.07) is 0.340. The molecule has 0 bridgehead atoms. The summed E-state index contributed by atoms with van der Waals surface area (Å²) in [5.41, 5.74) is 2.48. The van der Waals surface area contributed by atoms with Crippen LogP contribution in [-0.4, -0.2) is 32.3 Å². The molecule has 0 aliphatic carbocycles. The lowest BCUT2D eigenvalue weighted by atomic mass is 10.2. The van der Waals surface area contributed by atoms with E-state index in [0.29, 0.717) is 6.01 Å². The minimum atomic E-state index is 0.340. The molecule has 0 aliphatic rings. The second kappa shape index (κ2) is 3.99. The molecule has 6 nitrogen and oxygen atoms in total. The maximum Gasteiger partial charge on any atom is 0.318 e. The summed E-state index contributed by atoms with van der Waals surface area (Å²) in [4.78, 5) is 11.7. The topological polar surface area (TPSA) is 79.5 Å². The minimum Gasteiger partial charge on any atom is -0.467 e. The average molecular weight is 341 g/mol. The van der Waals surface area contributed by atoms with Gasteiger partial charge in [0.2, 0.25) is 0 Å². The van der Waals surface area contributed by atoms with Gasteiger partial charge in [-0.1, -0.05) is 0 Å². The third kappa shape index (κ3) is 1.66. The van der Waals surface area contributed by atoms with E-state index in [-0.39, 0.29) is 0 Å². The van der Waals surface area contributed by atoms with Crippen molar-refractivity contribution < 1.29 is 4.74 Å². The van der Waals surface area contributed by atoms with E-state index in [1.165, 1.54) is 0 Å². The predicted molar refractivity (Wildman–Crippen MR) is 70.7 cm³/mol. The first-order chi connectivity index (χ1) is 8.29. The van der Waals surface area contributed by atoms with Crippen LogP contribution in [0.3, 0.4) is 0 Å². The molecule has 7 heteroatoms. The Kier molecular flexibility index (Phi) is 2.46. The zero-order valence-corrected chi connectivity index (χ0v) is 11.0. The Hall–Kier alpha value is -1.64. The van der Waals surface area contributed by atoms with Crippen molar-refractivity contribution in [3.05, 3.63) is 22.2 Å². The normalized spacial score (nSPS) is 10.9. The molecule has 0 aliphatic heterocycles. The van der Waals surface area contributed by atoms with E-state index < -0.39 is 0 Å². The first-order valence-electron chi connectivity index (χ1n) is 4.87. The van der Waals surface area contributed by atoms with Gasteiger partial charge in [0.15, 0.2) is 0 Å². The van der Waals surface area contributed by atoms with Gasteiger partial charge in [0.1, 0.15) is 5.65 Å². The van der Waals surface area contributed by atoms with Crippen molar-refractivity contribution in [3.63, 3.8) is 0 Å². The van der Waals surface area contributed by atoms with Gasteiger partial charge in [0.05, 0.1) is 24.4 Å². The van der Waals surface area contributed by atoms with E-state index in [1.807, 2.05) is 6.20 Å². The van der Waals surface area contributed by atoms with Crippen LogP contribution in [0.4, 0.5) is 0 Å². The Morgan fingerprint density at radius 1 is 1.29 bits per heavy atom. The van der Waals surface area contributed by atoms with E-state index in [4.69, 9.17) is 4.74 Å². The Morgan fingerprint density at radius 2 is 2.18 bits per heavy atom. The number of methoxy groups -OCH3 is 1. The highest BCUT2D eigenvalue weighted by molar-refractivity contribution is 14.1. The lowest BCUT2D eigenvalue weighted by Crippen LogP contribution is -1.95. The zero-order valence-electron chi connectivity index (χ0n) is 8.86. The van der Waals surface area contributed by atoms with Crippen LogP contribution in [0.2, 0.25) is 0 Å². The Balaban J connectivity index is 2.37. The highest BCUT2D eigenvalue weighted by Crippen LogP contribution is 2.30. The van der Waals surface area contributed by atoms with E-state index in [1.54, 1.807) is 19.5 Å². The first-order valence-corrected chi connectivity index (χ1v) is 5.95. The Morgan fingerprint density at radius 3 is 2.88 bits per heavy atom. The lowest BCUT2D eigenvalue weighted by molar-refractivity contribution is 0.382. The molecule has 17 heavy (non-hydrogen) atoms. The van der Waals surface area contributed by atoms with Gasteiger partial charge >= 0.3 is 6.01 Å². The summed E-state index contributed by atoms with van der Waals surface area (Å²) in [5.74, 6) is 0. The monoisotopic (exact) mass is 341 g/mol. The van der Waals surface area contributed by atoms with E-state index in [0.717, 1.165) is 25.9 Å². The van der Waals surface area contributed by atoms with Crippen molar-refractivity contribution in [1.82, 2.24) is 25.1 Å². The Bertz CT molecular complexity index is 661. The fourth-order valence-corrected chi connectivity index (χ4v) is 2.32. The zero-order chi connectivity index (χ0) is 11.8. The molecule has 0 atom stereocenters. The summed E-state index contributed by atoms with van der Waals surface area (Å²) >= 11 is 2.24. The molecule has 3 heterocycles. The number of hydrogen-bond donors (Lipinski definition) is 2. The fourth-order valence-electron chi connectivity index (χ4n) is 1.66. The molecule has 0 saturated carbocycles. The number of fused-ring (bicyclic) bond motifs is 1. The molecular formula is C10H8IN5O. The van der Waals surface area contributed by atoms with Gasteiger partial charge < -0.3 is 9.72 Å². The van der Waals surface area contributed by atoms with Gasteiger partial charge in [-0.25, -0.2) is 0 Å². The third-order valence-electron chi connectivity index (χ3n) is 2.42. The molecule has 3 aromatic rings. The molecule has 2 N–H and O–H groups in total. The Labute approximate surface area is 110 Å². The minimum absolute atomic E-state index is 0.340. The van der Waals surface area contributed by atoms with E-state index >= 15 is 0 Å². The van der Waals surface area contributed by atoms with E-state index in [9.17, 15) is 0 Å². The molecule has 0 aromatic carbocycles. The van der Waals surface area contributed by atoms with Crippen LogP contribution in [0.5, 0.6) is 6.01 Å². The third-order valence-corrected chi connectivity index (χ3v) is 3.27. The van der Waals surface area contributed by atoms with Crippen LogP contribution in [0.15, 0.2) is 18.6 Å². The molecule has 0 saturated heterocycles. The first kappa shape index (κ1) is 10.5. The van der Waals surface area contributed by atoms with Crippen molar-refractivity contribution >= 4 is 33.6 Å². The second-order valence-corrected chi connectivity index (χ2v) is 4.57. The van der Waals surface area contributed by atoms with Crippen LogP contribution >= 0.6 is 22.6 Å². The lowest BCUT2D eigenvalue weighted by Gasteiger charge is -2.03. The number of ether oxygens (including phenoxy) is 1. The van der Waals surface area contributed by atoms with Crippen LogP contribution in [0.25, 0.3) is 22.3 Å². The number of aromatic nitrogens is 5. The fraction of sp³-hybridized carbons (Fsp3) is 0.100. The van der Waals surface area contributed by atoms with Gasteiger partial charge in [-0.3, -0.25) is 5.10 Å². The maximum atomic E-state index is 5.09.